The fourth-order valence-electron chi connectivity index (χ4n) is 2.18. The van der Waals surface area contributed by atoms with Crippen LogP contribution in [0, 0.1) is 0 Å². The lowest BCUT2D eigenvalue weighted by molar-refractivity contribution is 0.0696. The van der Waals surface area contributed by atoms with Gasteiger partial charge < -0.3 is 25.8 Å². The Balaban J connectivity index is 2.08. The largest absolute Gasteiger partial charge is 0.497 e. The lowest BCUT2D eigenvalue weighted by atomic mass is 10.2. The molecular weight excluding hydrogens is 461 g/mol. The Morgan fingerprint density at radius 2 is 1.72 bits per heavy atom. The van der Waals surface area contributed by atoms with E-state index in [4.69, 9.17) is 56.9 Å². The lowest BCUT2D eigenvalue weighted by Crippen LogP contribution is -2.56. The smallest absolute Gasteiger partial charge is 0.335 e. The number of nitrogens with one attached hydrogen (secondary N) is 3. The molecule has 1 amide bonds. The molecule has 4 N–H and O–H groups in total. The van der Waals surface area contributed by atoms with Gasteiger partial charge in [-0.25, -0.2) is 4.79 Å². The SMILES string of the molecule is COc1ccc(C(=O)N[C@@H](NC(=S)Nc2cccc(C(=O)O)c2)C(Cl)(Cl)Cl)cc1. The molecule has 0 aliphatic rings. The number of carbonyl (C=O) groups excluding carboxylic acids is 1. The van der Waals surface area contributed by atoms with Crippen LogP contribution in [0.3, 0.4) is 0 Å². The van der Waals surface area contributed by atoms with Gasteiger partial charge in [0.25, 0.3) is 5.91 Å². The summed E-state index contributed by atoms with van der Waals surface area (Å²) in [6.45, 7) is 0. The second kappa shape index (κ2) is 9.98. The molecule has 2 rings (SSSR count). The van der Waals surface area contributed by atoms with E-state index < -0.39 is 21.8 Å². The summed E-state index contributed by atoms with van der Waals surface area (Å²) in [7, 11) is 1.51. The van der Waals surface area contributed by atoms with E-state index in [0.717, 1.165) is 0 Å². The van der Waals surface area contributed by atoms with Crippen molar-refractivity contribution in [3.8, 4) is 5.75 Å². The van der Waals surface area contributed by atoms with Crippen molar-refractivity contribution >= 4 is 69.7 Å². The molecule has 0 spiro atoms. The monoisotopic (exact) mass is 475 g/mol. The Hall–Kier alpha value is -2.26. The number of benzene rings is 2. The highest BCUT2D eigenvalue weighted by molar-refractivity contribution is 7.80. The van der Waals surface area contributed by atoms with Crippen molar-refractivity contribution in [2.75, 3.05) is 12.4 Å². The van der Waals surface area contributed by atoms with Gasteiger partial charge in [0.1, 0.15) is 11.9 Å². The number of hydrogen-bond acceptors (Lipinski definition) is 4. The van der Waals surface area contributed by atoms with Crippen LogP contribution in [0.15, 0.2) is 48.5 Å². The average Bonchev–Trinajstić information content (AvgIpc) is 2.66. The van der Waals surface area contributed by atoms with Crippen LogP contribution in [0.1, 0.15) is 20.7 Å². The molecule has 0 radical (unpaired) electrons. The highest BCUT2D eigenvalue weighted by Gasteiger charge is 2.35. The maximum absolute atomic E-state index is 12.5. The third-order valence-corrected chi connectivity index (χ3v) is 4.47. The van der Waals surface area contributed by atoms with Crippen LogP contribution < -0.4 is 20.7 Å². The molecule has 0 saturated carbocycles. The highest BCUT2D eigenvalue weighted by atomic mass is 35.6. The first-order valence-corrected chi connectivity index (χ1v) is 9.57. The van der Waals surface area contributed by atoms with Gasteiger partial charge in [0.05, 0.1) is 12.7 Å². The number of alkyl halides is 3. The number of ether oxygens (including phenoxy) is 1. The zero-order valence-electron chi connectivity index (χ0n) is 14.9. The zero-order chi connectivity index (χ0) is 21.6. The summed E-state index contributed by atoms with van der Waals surface area (Å²) in [5.74, 6) is -1.00. The number of aromatic carboxylic acids is 1. The van der Waals surface area contributed by atoms with E-state index in [0.29, 0.717) is 17.0 Å². The van der Waals surface area contributed by atoms with Crippen molar-refractivity contribution in [3.05, 3.63) is 59.7 Å². The summed E-state index contributed by atoms with van der Waals surface area (Å²) in [5, 5.41) is 17.1. The molecule has 0 aliphatic carbocycles. The second-order valence-electron chi connectivity index (χ2n) is 5.66. The average molecular weight is 477 g/mol. The van der Waals surface area contributed by atoms with E-state index in [1.807, 2.05) is 0 Å². The van der Waals surface area contributed by atoms with Gasteiger partial charge in [0, 0.05) is 11.3 Å². The van der Waals surface area contributed by atoms with Crippen LogP contribution in [-0.4, -0.2) is 39.2 Å². The Labute approximate surface area is 187 Å². The van der Waals surface area contributed by atoms with E-state index >= 15 is 0 Å². The zero-order valence-corrected chi connectivity index (χ0v) is 18.0. The van der Waals surface area contributed by atoms with E-state index in [2.05, 4.69) is 16.0 Å². The Bertz CT molecular complexity index is 904. The number of amides is 1. The first-order valence-electron chi connectivity index (χ1n) is 8.02. The summed E-state index contributed by atoms with van der Waals surface area (Å²) in [6, 6.07) is 12.3. The van der Waals surface area contributed by atoms with Crippen LogP contribution in [0.25, 0.3) is 0 Å². The predicted molar refractivity (Wildman–Crippen MR) is 117 cm³/mol. The van der Waals surface area contributed by atoms with E-state index in [9.17, 15) is 9.59 Å². The summed E-state index contributed by atoms with van der Waals surface area (Å²) >= 11 is 23.1. The van der Waals surface area contributed by atoms with Crippen molar-refractivity contribution in [1.29, 1.82) is 0 Å². The van der Waals surface area contributed by atoms with Gasteiger partial charge in [0.15, 0.2) is 5.11 Å². The number of rotatable bonds is 6. The van der Waals surface area contributed by atoms with Crippen LogP contribution in [-0.2, 0) is 0 Å². The molecule has 2 aromatic rings. The first-order chi connectivity index (χ1) is 13.6. The Morgan fingerprint density at radius 3 is 2.28 bits per heavy atom. The Morgan fingerprint density at radius 1 is 1.07 bits per heavy atom. The lowest BCUT2D eigenvalue weighted by Gasteiger charge is -2.27. The number of carbonyl (C=O) groups is 2. The van der Waals surface area contributed by atoms with Crippen LogP contribution in [0.5, 0.6) is 5.75 Å². The second-order valence-corrected chi connectivity index (χ2v) is 8.44. The van der Waals surface area contributed by atoms with Gasteiger partial charge >= 0.3 is 5.97 Å². The molecule has 29 heavy (non-hydrogen) atoms. The number of anilines is 1. The summed E-state index contributed by atoms with van der Waals surface area (Å²) in [6.07, 6.45) is -1.18. The molecule has 0 heterocycles. The van der Waals surface area contributed by atoms with Crippen molar-refractivity contribution < 1.29 is 19.4 Å². The number of carboxylic acid groups (broad SMARTS) is 1. The minimum Gasteiger partial charge on any atom is -0.497 e. The molecule has 0 fully saturated rings. The molecule has 0 bridgehead atoms. The van der Waals surface area contributed by atoms with Crippen molar-refractivity contribution in [3.63, 3.8) is 0 Å². The molecule has 0 unspecified atom stereocenters. The molecule has 0 saturated heterocycles. The summed E-state index contributed by atoms with van der Waals surface area (Å²) < 4.78 is 3.11. The minimum atomic E-state index is -1.93. The fraction of sp³-hybridized carbons (Fsp3) is 0.167. The van der Waals surface area contributed by atoms with Gasteiger partial charge in [-0.3, -0.25) is 4.79 Å². The molecule has 1 atom stereocenters. The number of thiocarbonyl (C=S) groups is 1. The molecule has 11 heteroatoms. The van der Waals surface area contributed by atoms with Crippen LogP contribution in [0.4, 0.5) is 5.69 Å². The predicted octanol–water partition coefficient (Wildman–Crippen LogP) is 3.81. The van der Waals surface area contributed by atoms with Gasteiger partial charge in [-0.15, -0.1) is 0 Å². The van der Waals surface area contributed by atoms with E-state index in [1.54, 1.807) is 36.4 Å². The topological polar surface area (TPSA) is 99.7 Å². The van der Waals surface area contributed by atoms with Crippen molar-refractivity contribution in [2.45, 2.75) is 9.96 Å². The third kappa shape index (κ3) is 6.93. The van der Waals surface area contributed by atoms with Gasteiger partial charge in [-0.1, -0.05) is 40.9 Å². The Kier molecular flexibility index (Phi) is 7.92. The minimum absolute atomic E-state index is 0.0129. The quantitative estimate of drug-likeness (QED) is 0.286. The maximum Gasteiger partial charge on any atom is 0.335 e. The van der Waals surface area contributed by atoms with Crippen LogP contribution >= 0.6 is 47.0 Å². The summed E-state index contributed by atoms with van der Waals surface area (Å²) in [4.78, 5) is 23.5. The molecule has 0 aliphatic heterocycles. The van der Waals surface area contributed by atoms with Crippen molar-refractivity contribution in [1.82, 2.24) is 10.6 Å². The highest BCUT2D eigenvalue weighted by Crippen LogP contribution is 2.29. The molecule has 0 aromatic heterocycles. The number of carboxylic acids is 1. The van der Waals surface area contributed by atoms with Gasteiger partial charge in [-0.05, 0) is 54.7 Å². The number of halogens is 3. The number of methoxy groups -OCH3 is 1. The van der Waals surface area contributed by atoms with Crippen molar-refractivity contribution in [2.24, 2.45) is 0 Å². The standard InChI is InChI=1S/C18H16Cl3N3O4S/c1-28-13-7-5-10(6-8-13)14(25)23-16(18(19,20)21)24-17(29)22-12-4-2-3-11(9-12)15(26)27/h2-9,16H,1H3,(H,23,25)(H,26,27)(H2,22,24,29)/t16-/m0/s1. The normalized spacial score (nSPS) is 11.9. The maximum atomic E-state index is 12.5. The summed E-state index contributed by atoms with van der Waals surface area (Å²) in [5.41, 5.74) is 0.801. The van der Waals surface area contributed by atoms with Gasteiger partial charge in [-0.2, -0.15) is 0 Å². The fourth-order valence-corrected chi connectivity index (χ4v) is 2.75. The first kappa shape index (κ1) is 23.0. The third-order valence-electron chi connectivity index (χ3n) is 3.60. The van der Waals surface area contributed by atoms with E-state index in [-0.39, 0.29) is 10.7 Å². The molecule has 7 nitrogen and oxygen atoms in total. The van der Waals surface area contributed by atoms with Crippen LogP contribution in [0.2, 0.25) is 0 Å². The molecule has 2 aromatic carbocycles. The van der Waals surface area contributed by atoms with E-state index in [1.165, 1.54) is 19.2 Å². The number of hydrogen-bond donors (Lipinski definition) is 4. The molecular formula is C18H16Cl3N3O4S. The van der Waals surface area contributed by atoms with Gasteiger partial charge in [0.2, 0.25) is 3.79 Å². The molecule has 154 valence electrons.